The number of hydrogen-bond acceptors (Lipinski definition) is 4. The second-order valence-corrected chi connectivity index (χ2v) is 7.89. The number of rotatable bonds is 4. The van der Waals surface area contributed by atoms with Crippen LogP contribution in [0.15, 0.2) is 42.0 Å². The molecule has 2 aliphatic heterocycles. The fourth-order valence-electron chi connectivity index (χ4n) is 4.40. The van der Waals surface area contributed by atoms with Crippen LogP contribution in [0.25, 0.3) is 0 Å². The Balaban J connectivity index is 1.81. The number of anilines is 1. The van der Waals surface area contributed by atoms with Gasteiger partial charge in [-0.3, -0.25) is 29.0 Å². The third-order valence-electron chi connectivity index (χ3n) is 5.78. The molecule has 0 radical (unpaired) electrons. The maximum Gasteiger partial charge on any atom is 0.323 e. The van der Waals surface area contributed by atoms with E-state index in [0.717, 1.165) is 28.2 Å². The number of likely N-dealkylation sites (tertiary alicyclic amines) is 1. The van der Waals surface area contributed by atoms with Gasteiger partial charge in [0.25, 0.3) is 5.91 Å². The zero-order chi connectivity index (χ0) is 20.9. The zero-order valence-corrected chi connectivity index (χ0v) is 16.5. The van der Waals surface area contributed by atoms with Gasteiger partial charge in [-0.25, -0.2) is 0 Å². The average molecular weight is 415 g/mol. The molecule has 2 atom stereocenters. The smallest absolute Gasteiger partial charge is 0.323 e. The molecule has 3 amide bonds. The Morgan fingerprint density at radius 1 is 1.24 bits per heavy atom. The van der Waals surface area contributed by atoms with Gasteiger partial charge >= 0.3 is 5.97 Å². The highest BCUT2D eigenvalue weighted by Gasteiger charge is 2.64. The third-order valence-corrected chi connectivity index (χ3v) is 6.01. The molecule has 2 heterocycles. The fourth-order valence-corrected chi connectivity index (χ4v) is 4.57. The summed E-state index contributed by atoms with van der Waals surface area (Å²) in [4.78, 5) is 53.3. The summed E-state index contributed by atoms with van der Waals surface area (Å²) in [5, 5.41) is 9.54. The molecule has 1 fully saturated rings. The predicted molar refractivity (Wildman–Crippen MR) is 106 cm³/mol. The van der Waals surface area contributed by atoms with Crippen molar-refractivity contribution in [3.05, 3.63) is 52.6 Å². The van der Waals surface area contributed by atoms with E-state index in [4.69, 9.17) is 11.6 Å². The molecule has 1 N–H and O–H groups in total. The summed E-state index contributed by atoms with van der Waals surface area (Å²) in [6.07, 6.45) is 7.23. The molecular weight excluding hydrogens is 396 g/mol. The van der Waals surface area contributed by atoms with Crippen LogP contribution in [0.5, 0.6) is 0 Å². The summed E-state index contributed by atoms with van der Waals surface area (Å²) in [6, 6.07) is 4.01. The number of fused-ring (bicyclic) bond motifs is 2. The Hall–Kier alpha value is -2.93. The van der Waals surface area contributed by atoms with E-state index in [1.165, 1.54) is 18.2 Å². The van der Waals surface area contributed by atoms with Gasteiger partial charge in [-0.2, -0.15) is 0 Å². The van der Waals surface area contributed by atoms with Crippen LogP contribution < -0.4 is 4.90 Å². The molecule has 2 unspecified atom stereocenters. The SMILES string of the molecule is CC(C1=CCCC=C1)N1C(=O)CC2(C(=O)N(CC(=O)O)c3ccc(Cl)cc32)C1=O. The van der Waals surface area contributed by atoms with Crippen LogP contribution >= 0.6 is 11.6 Å². The van der Waals surface area contributed by atoms with Crippen molar-refractivity contribution in [3.63, 3.8) is 0 Å². The zero-order valence-electron chi connectivity index (χ0n) is 15.7. The van der Waals surface area contributed by atoms with Gasteiger partial charge in [0.05, 0.1) is 12.5 Å². The lowest BCUT2D eigenvalue weighted by atomic mass is 9.80. The monoisotopic (exact) mass is 414 g/mol. The molecular formula is C21H19ClN2O5. The Bertz CT molecular complexity index is 1010. The van der Waals surface area contributed by atoms with Crippen molar-refractivity contribution in [3.8, 4) is 0 Å². The van der Waals surface area contributed by atoms with E-state index >= 15 is 0 Å². The van der Waals surface area contributed by atoms with E-state index in [1.807, 2.05) is 18.2 Å². The first-order valence-electron chi connectivity index (χ1n) is 9.34. The third kappa shape index (κ3) is 2.80. The number of imide groups is 1. The number of nitrogens with zero attached hydrogens (tertiary/aromatic N) is 2. The number of halogens is 1. The maximum atomic E-state index is 13.6. The molecule has 7 nitrogen and oxygen atoms in total. The van der Waals surface area contributed by atoms with Crippen molar-refractivity contribution >= 4 is 41.0 Å². The van der Waals surface area contributed by atoms with Gasteiger partial charge in [-0.15, -0.1) is 0 Å². The van der Waals surface area contributed by atoms with Crippen molar-refractivity contribution in [1.82, 2.24) is 4.90 Å². The van der Waals surface area contributed by atoms with E-state index < -0.39 is 41.7 Å². The number of carbonyl (C=O) groups excluding carboxylic acids is 3. The average Bonchev–Trinajstić information content (AvgIpc) is 3.08. The van der Waals surface area contributed by atoms with Gasteiger partial charge in [0.2, 0.25) is 11.8 Å². The van der Waals surface area contributed by atoms with Gasteiger partial charge in [-0.05, 0) is 43.5 Å². The van der Waals surface area contributed by atoms with E-state index in [0.29, 0.717) is 10.7 Å². The van der Waals surface area contributed by atoms with Crippen LogP contribution in [0.2, 0.25) is 5.02 Å². The van der Waals surface area contributed by atoms with Crippen LogP contribution in [0.1, 0.15) is 31.7 Å². The highest BCUT2D eigenvalue weighted by Crippen LogP contribution is 2.50. The minimum Gasteiger partial charge on any atom is -0.480 e. The molecule has 0 aromatic heterocycles. The molecule has 8 heteroatoms. The second kappa shape index (κ2) is 6.84. The number of carboxylic acid groups (broad SMARTS) is 1. The van der Waals surface area contributed by atoms with E-state index in [1.54, 1.807) is 6.92 Å². The Kier molecular flexibility index (Phi) is 4.58. The lowest BCUT2D eigenvalue weighted by molar-refractivity contribution is -0.144. The van der Waals surface area contributed by atoms with Crippen LogP contribution in [-0.2, 0) is 24.6 Å². The molecule has 1 aromatic rings. The maximum absolute atomic E-state index is 13.6. The highest BCUT2D eigenvalue weighted by molar-refractivity contribution is 6.33. The van der Waals surface area contributed by atoms with E-state index in [9.17, 15) is 24.3 Å². The number of hydrogen-bond donors (Lipinski definition) is 1. The fraction of sp³-hybridized carbons (Fsp3) is 0.333. The lowest BCUT2D eigenvalue weighted by Crippen LogP contribution is -2.49. The van der Waals surface area contributed by atoms with Crippen molar-refractivity contribution in [1.29, 1.82) is 0 Å². The summed E-state index contributed by atoms with van der Waals surface area (Å²) in [5.74, 6) is -3.00. The minimum absolute atomic E-state index is 0.289. The molecule has 1 aromatic carbocycles. The normalized spacial score (nSPS) is 24.3. The van der Waals surface area contributed by atoms with Crippen molar-refractivity contribution in [2.45, 2.75) is 37.6 Å². The molecule has 1 aliphatic carbocycles. The number of aliphatic carboxylic acids is 1. The molecule has 0 saturated carbocycles. The summed E-state index contributed by atoms with van der Waals surface area (Å²) in [6.45, 7) is 1.16. The van der Waals surface area contributed by atoms with Gasteiger partial charge < -0.3 is 5.11 Å². The van der Waals surface area contributed by atoms with Gasteiger partial charge in [0.1, 0.15) is 6.54 Å². The van der Waals surface area contributed by atoms with E-state index in [2.05, 4.69) is 0 Å². The van der Waals surface area contributed by atoms with Crippen molar-refractivity contribution < 1.29 is 24.3 Å². The minimum atomic E-state index is -1.76. The molecule has 4 rings (SSSR count). The van der Waals surface area contributed by atoms with Gasteiger partial charge in [-0.1, -0.05) is 29.8 Å². The largest absolute Gasteiger partial charge is 0.480 e. The Labute approximate surface area is 172 Å². The second-order valence-electron chi connectivity index (χ2n) is 7.46. The topological polar surface area (TPSA) is 95.0 Å². The summed E-state index contributed by atoms with van der Waals surface area (Å²) < 4.78 is 0. The molecule has 0 bridgehead atoms. The van der Waals surface area contributed by atoms with Gasteiger partial charge in [0.15, 0.2) is 5.41 Å². The molecule has 1 spiro atoms. The predicted octanol–water partition coefficient (Wildman–Crippen LogP) is 2.43. The standard InChI is InChI=1S/C21H19ClN2O5/c1-12(13-5-3-2-4-6-13)24-17(25)10-21(20(24)29)15-9-14(22)7-8-16(15)23(19(21)28)11-18(26)27/h3,5-9,12H,2,4,10-11H2,1H3,(H,26,27). The van der Waals surface area contributed by atoms with Crippen LogP contribution in [0, 0.1) is 0 Å². The van der Waals surface area contributed by atoms with Crippen molar-refractivity contribution in [2.24, 2.45) is 0 Å². The molecule has 3 aliphatic rings. The van der Waals surface area contributed by atoms with Crippen molar-refractivity contribution in [2.75, 3.05) is 11.4 Å². The van der Waals surface area contributed by atoms with Crippen LogP contribution in [0.3, 0.4) is 0 Å². The number of allylic oxidation sites excluding steroid dienone is 2. The Morgan fingerprint density at radius 3 is 2.66 bits per heavy atom. The van der Waals surface area contributed by atoms with Crippen LogP contribution in [0.4, 0.5) is 5.69 Å². The summed E-state index contributed by atoms with van der Waals surface area (Å²) in [5.41, 5.74) is -0.333. The molecule has 1 saturated heterocycles. The first-order valence-corrected chi connectivity index (χ1v) is 9.72. The first kappa shape index (κ1) is 19.4. The quantitative estimate of drug-likeness (QED) is 0.603. The van der Waals surface area contributed by atoms with Gasteiger partial charge in [0, 0.05) is 16.3 Å². The number of amides is 3. The summed E-state index contributed by atoms with van der Waals surface area (Å²) in [7, 11) is 0. The lowest BCUT2D eigenvalue weighted by Gasteiger charge is -2.27. The summed E-state index contributed by atoms with van der Waals surface area (Å²) >= 11 is 6.12. The molecule has 150 valence electrons. The number of carbonyl (C=O) groups is 4. The molecule has 29 heavy (non-hydrogen) atoms. The highest BCUT2D eigenvalue weighted by atomic mass is 35.5. The number of benzene rings is 1. The Morgan fingerprint density at radius 2 is 2.00 bits per heavy atom. The number of carboxylic acids is 1. The van der Waals surface area contributed by atoms with E-state index in [-0.39, 0.29) is 12.0 Å². The van der Waals surface area contributed by atoms with Crippen LogP contribution in [-0.4, -0.2) is 46.3 Å². The first-order chi connectivity index (χ1) is 13.8.